The normalized spacial score (nSPS) is 11.1. The molecule has 0 saturated heterocycles. The SMILES string of the molecule is Cc1nc(-c2ccc(CNC(=O)/C=C/c3ccccc3F)s2)cs1. The number of halogens is 1. The monoisotopic (exact) mass is 358 g/mol. The average Bonchev–Trinajstić information content (AvgIpc) is 3.21. The molecule has 0 saturated carbocycles. The molecule has 3 aromatic rings. The van der Waals surface area contributed by atoms with E-state index in [1.54, 1.807) is 40.9 Å². The molecule has 0 radical (unpaired) electrons. The van der Waals surface area contributed by atoms with Gasteiger partial charge in [0.15, 0.2) is 0 Å². The third kappa shape index (κ3) is 4.15. The van der Waals surface area contributed by atoms with E-state index in [9.17, 15) is 9.18 Å². The van der Waals surface area contributed by atoms with E-state index >= 15 is 0 Å². The minimum absolute atomic E-state index is 0.252. The molecule has 0 bridgehead atoms. The number of benzene rings is 1. The van der Waals surface area contributed by atoms with E-state index in [2.05, 4.69) is 10.3 Å². The highest BCUT2D eigenvalue weighted by molar-refractivity contribution is 7.16. The summed E-state index contributed by atoms with van der Waals surface area (Å²) in [5.41, 5.74) is 1.37. The maximum absolute atomic E-state index is 13.5. The molecule has 0 atom stereocenters. The standard InChI is InChI=1S/C18H15FN2OS2/c1-12-21-16(11-23-12)17-8-7-14(24-17)10-20-18(22)9-6-13-4-2-3-5-15(13)19/h2-9,11H,10H2,1H3,(H,20,22)/b9-6+. The molecule has 0 aliphatic rings. The molecule has 0 aliphatic carbocycles. The van der Waals surface area contributed by atoms with Crippen LogP contribution < -0.4 is 5.32 Å². The van der Waals surface area contributed by atoms with Crippen LogP contribution in [0.1, 0.15) is 15.4 Å². The molecule has 0 fully saturated rings. The highest BCUT2D eigenvalue weighted by Gasteiger charge is 2.06. The lowest BCUT2D eigenvalue weighted by Crippen LogP contribution is -2.19. The van der Waals surface area contributed by atoms with Gasteiger partial charge in [-0.05, 0) is 31.2 Å². The van der Waals surface area contributed by atoms with E-state index in [0.29, 0.717) is 12.1 Å². The van der Waals surface area contributed by atoms with Gasteiger partial charge in [0.05, 0.1) is 22.1 Å². The van der Waals surface area contributed by atoms with Crippen LogP contribution in [0.25, 0.3) is 16.6 Å². The Morgan fingerprint density at radius 3 is 2.88 bits per heavy atom. The first-order chi connectivity index (χ1) is 11.6. The van der Waals surface area contributed by atoms with Crippen molar-refractivity contribution in [1.82, 2.24) is 10.3 Å². The van der Waals surface area contributed by atoms with E-state index in [1.807, 2.05) is 24.4 Å². The van der Waals surface area contributed by atoms with Crippen LogP contribution in [0.4, 0.5) is 4.39 Å². The molecule has 6 heteroatoms. The van der Waals surface area contributed by atoms with Crippen molar-refractivity contribution in [3.05, 3.63) is 69.1 Å². The molecule has 2 aromatic heterocycles. The van der Waals surface area contributed by atoms with Crippen molar-refractivity contribution < 1.29 is 9.18 Å². The first kappa shape index (κ1) is 16.5. The molecular weight excluding hydrogens is 343 g/mol. The van der Waals surface area contributed by atoms with E-state index < -0.39 is 0 Å². The number of nitrogens with one attached hydrogen (secondary N) is 1. The number of thiophene rings is 1. The molecule has 3 nitrogen and oxygen atoms in total. The largest absolute Gasteiger partial charge is 0.348 e. The zero-order valence-electron chi connectivity index (χ0n) is 13.0. The van der Waals surface area contributed by atoms with Crippen LogP contribution in [0.5, 0.6) is 0 Å². The van der Waals surface area contributed by atoms with Gasteiger partial charge >= 0.3 is 0 Å². The number of rotatable bonds is 5. The Kier molecular flexibility index (Phi) is 5.17. The van der Waals surface area contributed by atoms with Gasteiger partial charge in [-0.1, -0.05) is 18.2 Å². The number of carbonyl (C=O) groups is 1. The van der Waals surface area contributed by atoms with Crippen molar-refractivity contribution in [2.24, 2.45) is 0 Å². The average molecular weight is 358 g/mol. The van der Waals surface area contributed by atoms with Crippen molar-refractivity contribution in [3.8, 4) is 10.6 Å². The Bertz CT molecular complexity index is 883. The predicted molar refractivity (Wildman–Crippen MR) is 97.4 cm³/mol. The lowest BCUT2D eigenvalue weighted by Gasteiger charge is -1.99. The second kappa shape index (κ2) is 7.51. The Labute approximate surface area is 147 Å². The summed E-state index contributed by atoms with van der Waals surface area (Å²) >= 11 is 3.22. The fourth-order valence-electron chi connectivity index (χ4n) is 2.10. The van der Waals surface area contributed by atoms with Crippen LogP contribution in [0.3, 0.4) is 0 Å². The highest BCUT2D eigenvalue weighted by Crippen LogP contribution is 2.28. The van der Waals surface area contributed by atoms with Gasteiger partial charge in [-0.3, -0.25) is 4.79 Å². The molecular formula is C18H15FN2OS2. The van der Waals surface area contributed by atoms with Gasteiger partial charge in [-0.15, -0.1) is 22.7 Å². The van der Waals surface area contributed by atoms with Crippen LogP contribution in [-0.2, 0) is 11.3 Å². The van der Waals surface area contributed by atoms with Gasteiger partial charge in [-0.2, -0.15) is 0 Å². The fourth-order valence-corrected chi connectivity index (χ4v) is 3.69. The van der Waals surface area contributed by atoms with Crippen molar-refractivity contribution in [2.45, 2.75) is 13.5 Å². The van der Waals surface area contributed by atoms with Crippen molar-refractivity contribution >= 4 is 34.7 Å². The molecule has 24 heavy (non-hydrogen) atoms. The summed E-state index contributed by atoms with van der Waals surface area (Å²) in [4.78, 5) is 18.4. The first-order valence-electron chi connectivity index (χ1n) is 7.33. The number of aryl methyl sites for hydroxylation is 1. The molecule has 1 amide bonds. The molecule has 2 heterocycles. The number of amides is 1. The third-order valence-corrected chi connectivity index (χ3v) is 5.17. The number of hydrogen-bond donors (Lipinski definition) is 1. The lowest BCUT2D eigenvalue weighted by atomic mass is 10.2. The third-order valence-electron chi connectivity index (χ3n) is 3.29. The van der Waals surface area contributed by atoms with E-state index in [0.717, 1.165) is 20.5 Å². The van der Waals surface area contributed by atoms with Crippen LogP contribution in [0, 0.1) is 12.7 Å². The fraction of sp³-hybridized carbons (Fsp3) is 0.111. The van der Waals surface area contributed by atoms with Gasteiger partial charge in [0, 0.05) is 21.9 Å². The Hall–Kier alpha value is -2.31. The molecule has 1 aromatic carbocycles. The lowest BCUT2D eigenvalue weighted by molar-refractivity contribution is -0.116. The van der Waals surface area contributed by atoms with Gasteiger partial charge in [0.25, 0.3) is 0 Å². The Balaban J connectivity index is 1.57. The predicted octanol–water partition coefficient (Wildman–Crippen LogP) is 4.65. The van der Waals surface area contributed by atoms with Crippen LogP contribution in [-0.4, -0.2) is 10.9 Å². The number of carbonyl (C=O) groups excluding carboxylic acids is 1. The zero-order valence-corrected chi connectivity index (χ0v) is 14.6. The maximum Gasteiger partial charge on any atom is 0.244 e. The van der Waals surface area contributed by atoms with Crippen molar-refractivity contribution in [3.63, 3.8) is 0 Å². The molecule has 3 rings (SSSR count). The van der Waals surface area contributed by atoms with E-state index in [-0.39, 0.29) is 11.7 Å². The zero-order chi connectivity index (χ0) is 16.9. The second-order valence-corrected chi connectivity index (χ2v) is 7.32. The smallest absolute Gasteiger partial charge is 0.244 e. The Morgan fingerprint density at radius 1 is 1.29 bits per heavy atom. The van der Waals surface area contributed by atoms with E-state index in [1.165, 1.54) is 18.2 Å². The summed E-state index contributed by atoms with van der Waals surface area (Å²) in [7, 11) is 0. The number of thiazole rings is 1. The maximum atomic E-state index is 13.5. The van der Waals surface area contributed by atoms with Crippen LogP contribution >= 0.6 is 22.7 Å². The molecule has 0 spiro atoms. The minimum Gasteiger partial charge on any atom is -0.348 e. The topological polar surface area (TPSA) is 42.0 Å². The van der Waals surface area contributed by atoms with Gasteiger partial charge in [-0.25, -0.2) is 9.37 Å². The quantitative estimate of drug-likeness (QED) is 0.675. The second-order valence-electron chi connectivity index (χ2n) is 5.09. The number of nitrogens with zero attached hydrogens (tertiary/aromatic N) is 1. The van der Waals surface area contributed by atoms with Crippen LogP contribution in [0.2, 0.25) is 0 Å². The molecule has 122 valence electrons. The number of aromatic nitrogens is 1. The summed E-state index contributed by atoms with van der Waals surface area (Å²) in [6, 6.07) is 10.3. The van der Waals surface area contributed by atoms with Crippen LogP contribution in [0.15, 0.2) is 47.9 Å². The molecule has 0 aliphatic heterocycles. The van der Waals surface area contributed by atoms with Gasteiger partial charge in [0.1, 0.15) is 5.82 Å². The Morgan fingerprint density at radius 2 is 2.12 bits per heavy atom. The first-order valence-corrected chi connectivity index (χ1v) is 9.03. The van der Waals surface area contributed by atoms with Gasteiger partial charge < -0.3 is 5.32 Å². The number of hydrogen-bond acceptors (Lipinski definition) is 4. The van der Waals surface area contributed by atoms with E-state index in [4.69, 9.17) is 0 Å². The molecule has 1 N–H and O–H groups in total. The van der Waals surface area contributed by atoms with Gasteiger partial charge in [0.2, 0.25) is 5.91 Å². The summed E-state index contributed by atoms with van der Waals surface area (Å²) in [6.07, 6.45) is 2.82. The summed E-state index contributed by atoms with van der Waals surface area (Å²) in [5.74, 6) is -0.597. The summed E-state index contributed by atoms with van der Waals surface area (Å²) in [5, 5.41) is 5.87. The summed E-state index contributed by atoms with van der Waals surface area (Å²) < 4.78 is 13.5. The summed E-state index contributed by atoms with van der Waals surface area (Å²) in [6.45, 7) is 2.42. The van der Waals surface area contributed by atoms with Crippen molar-refractivity contribution in [2.75, 3.05) is 0 Å². The van der Waals surface area contributed by atoms with Crippen molar-refractivity contribution in [1.29, 1.82) is 0 Å². The molecule has 0 unspecified atom stereocenters. The minimum atomic E-state index is -0.344. The highest BCUT2D eigenvalue weighted by atomic mass is 32.1.